The van der Waals surface area contributed by atoms with Crippen molar-refractivity contribution in [1.82, 2.24) is 10.2 Å². The van der Waals surface area contributed by atoms with Crippen molar-refractivity contribution in [1.29, 1.82) is 0 Å². The van der Waals surface area contributed by atoms with Crippen LogP contribution < -0.4 is 9.62 Å². The Labute approximate surface area is 243 Å². The molecule has 3 aromatic carbocycles. The van der Waals surface area contributed by atoms with Crippen LogP contribution in [0.1, 0.15) is 49.4 Å². The van der Waals surface area contributed by atoms with Crippen molar-refractivity contribution in [2.24, 2.45) is 0 Å². The van der Waals surface area contributed by atoms with Gasteiger partial charge in [-0.25, -0.2) is 8.42 Å². The van der Waals surface area contributed by atoms with Crippen molar-refractivity contribution < 1.29 is 18.0 Å². The van der Waals surface area contributed by atoms with E-state index in [2.05, 4.69) is 5.32 Å². The van der Waals surface area contributed by atoms with Crippen LogP contribution in [0.2, 0.25) is 5.02 Å². The fourth-order valence-electron chi connectivity index (χ4n) is 4.08. The lowest BCUT2D eigenvalue weighted by Crippen LogP contribution is -2.52. The smallest absolute Gasteiger partial charge is 0.264 e. The number of nitrogens with one attached hydrogen (secondary N) is 1. The molecular formula is C31H38ClN3O4S. The van der Waals surface area contributed by atoms with Crippen LogP contribution >= 0.6 is 11.6 Å². The zero-order valence-corrected chi connectivity index (χ0v) is 25.5. The van der Waals surface area contributed by atoms with Crippen LogP contribution in [0.4, 0.5) is 5.69 Å². The number of hydrogen-bond donors (Lipinski definition) is 1. The summed E-state index contributed by atoms with van der Waals surface area (Å²) < 4.78 is 28.9. The van der Waals surface area contributed by atoms with E-state index in [1.165, 1.54) is 29.2 Å². The first-order chi connectivity index (χ1) is 18.8. The van der Waals surface area contributed by atoms with Crippen molar-refractivity contribution in [2.75, 3.05) is 10.8 Å². The second-order valence-corrected chi connectivity index (χ2v) is 12.5. The number of carbonyl (C=O) groups is 2. The van der Waals surface area contributed by atoms with Gasteiger partial charge in [0, 0.05) is 17.6 Å². The van der Waals surface area contributed by atoms with Gasteiger partial charge in [-0.15, -0.1) is 0 Å². The number of sulfonamides is 1. The summed E-state index contributed by atoms with van der Waals surface area (Å²) in [5, 5.41) is 3.34. The van der Waals surface area contributed by atoms with Gasteiger partial charge in [-0.05, 0) is 94.1 Å². The molecular weight excluding hydrogens is 546 g/mol. The molecule has 2 amide bonds. The van der Waals surface area contributed by atoms with Gasteiger partial charge in [0.05, 0.1) is 10.6 Å². The molecule has 0 bridgehead atoms. The van der Waals surface area contributed by atoms with Crippen LogP contribution in [-0.2, 0) is 26.2 Å². The number of halogens is 1. The molecule has 0 fully saturated rings. The van der Waals surface area contributed by atoms with Gasteiger partial charge in [-0.2, -0.15) is 0 Å². The summed E-state index contributed by atoms with van der Waals surface area (Å²) in [5.41, 5.74) is 4.15. The Balaban J connectivity index is 2.04. The average Bonchev–Trinajstić information content (AvgIpc) is 2.92. The third-order valence-electron chi connectivity index (χ3n) is 7.10. The summed E-state index contributed by atoms with van der Waals surface area (Å²) in [6.45, 7) is 11.0. The molecule has 0 aliphatic rings. The highest BCUT2D eigenvalue weighted by Crippen LogP contribution is 2.27. The Hall–Kier alpha value is -3.36. The lowest BCUT2D eigenvalue weighted by Gasteiger charge is -2.32. The van der Waals surface area contributed by atoms with E-state index in [0.717, 1.165) is 33.0 Å². The summed E-state index contributed by atoms with van der Waals surface area (Å²) in [6, 6.07) is 17.9. The van der Waals surface area contributed by atoms with E-state index in [1.54, 1.807) is 19.1 Å². The van der Waals surface area contributed by atoms with Gasteiger partial charge in [0.1, 0.15) is 12.6 Å². The Morgan fingerprint density at radius 2 is 1.52 bits per heavy atom. The number of rotatable bonds is 11. The molecule has 40 heavy (non-hydrogen) atoms. The third kappa shape index (κ3) is 7.64. The third-order valence-corrected chi connectivity index (χ3v) is 9.14. The van der Waals surface area contributed by atoms with Crippen LogP contribution in [0, 0.1) is 20.8 Å². The standard InChI is InChI=1S/C31H38ClN3O4S/c1-7-24(5)33-31(37)25(6)34(19-26-11-8-21(2)9-12-26)30(36)20-35(28-15-10-22(3)23(4)18-28)40(38,39)29-16-13-27(32)14-17-29/h8-18,24-25H,7,19-20H2,1-6H3,(H,33,37)/t24-,25-/m0/s1. The number of benzene rings is 3. The van der Waals surface area contributed by atoms with Gasteiger partial charge in [0.15, 0.2) is 0 Å². The van der Waals surface area contributed by atoms with E-state index in [4.69, 9.17) is 11.6 Å². The summed E-state index contributed by atoms with van der Waals surface area (Å²) in [6.07, 6.45) is 0.740. The highest BCUT2D eigenvalue weighted by molar-refractivity contribution is 7.92. The zero-order valence-electron chi connectivity index (χ0n) is 23.9. The quantitative estimate of drug-likeness (QED) is 0.309. The number of carbonyl (C=O) groups excluding carboxylic acids is 2. The molecule has 214 valence electrons. The molecule has 3 rings (SSSR count). The molecule has 0 spiro atoms. The molecule has 0 unspecified atom stereocenters. The molecule has 0 heterocycles. The van der Waals surface area contributed by atoms with Crippen molar-refractivity contribution in [3.05, 3.63) is 94.0 Å². The Morgan fingerprint density at radius 3 is 2.10 bits per heavy atom. The number of aryl methyl sites for hydroxylation is 3. The predicted octanol–water partition coefficient (Wildman–Crippen LogP) is 5.79. The zero-order chi connectivity index (χ0) is 29.6. The van der Waals surface area contributed by atoms with Gasteiger partial charge in [0.2, 0.25) is 11.8 Å². The minimum Gasteiger partial charge on any atom is -0.352 e. The van der Waals surface area contributed by atoms with E-state index in [1.807, 2.05) is 65.0 Å². The molecule has 0 saturated carbocycles. The van der Waals surface area contributed by atoms with Gasteiger partial charge in [-0.3, -0.25) is 13.9 Å². The first-order valence-corrected chi connectivity index (χ1v) is 15.2. The summed E-state index contributed by atoms with van der Waals surface area (Å²) in [7, 11) is -4.15. The average molecular weight is 584 g/mol. The van der Waals surface area contributed by atoms with Crippen molar-refractivity contribution in [3.8, 4) is 0 Å². The fourth-order valence-corrected chi connectivity index (χ4v) is 5.61. The maximum Gasteiger partial charge on any atom is 0.264 e. The lowest BCUT2D eigenvalue weighted by atomic mass is 10.1. The van der Waals surface area contributed by atoms with Crippen LogP contribution in [0.3, 0.4) is 0 Å². The second-order valence-electron chi connectivity index (χ2n) is 10.2. The minimum atomic E-state index is -4.15. The fraction of sp³-hybridized carbons (Fsp3) is 0.355. The molecule has 0 radical (unpaired) electrons. The molecule has 3 aromatic rings. The number of hydrogen-bond acceptors (Lipinski definition) is 4. The van der Waals surface area contributed by atoms with Gasteiger partial charge >= 0.3 is 0 Å². The van der Waals surface area contributed by atoms with Crippen LogP contribution in [-0.4, -0.2) is 43.8 Å². The van der Waals surface area contributed by atoms with E-state index in [9.17, 15) is 18.0 Å². The van der Waals surface area contributed by atoms with Gasteiger partial charge in [-0.1, -0.05) is 54.4 Å². The number of anilines is 1. The topological polar surface area (TPSA) is 86.8 Å². The van der Waals surface area contributed by atoms with E-state index < -0.39 is 28.5 Å². The maximum atomic E-state index is 14.0. The molecule has 0 aliphatic heterocycles. The Bertz CT molecular complexity index is 1440. The maximum absolute atomic E-state index is 14.0. The second kappa shape index (κ2) is 13.3. The van der Waals surface area contributed by atoms with Crippen LogP contribution in [0.25, 0.3) is 0 Å². The molecule has 2 atom stereocenters. The summed E-state index contributed by atoms with van der Waals surface area (Å²) in [4.78, 5) is 28.6. The first-order valence-electron chi connectivity index (χ1n) is 13.3. The van der Waals surface area contributed by atoms with Crippen molar-refractivity contribution in [2.45, 2.75) is 71.5 Å². The number of nitrogens with zero attached hydrogens (tertiary/aromatic N) is 2. The number of amides is 2. The lowest BCUT2D eigenvalue weighted by molar-refractivity contribution is -0.139. The van der Waals surface area contributed by atoms with E-state index >= 15 is 0 Å². The predicted molar refractivity (Wildman–Crippen MR) is 161 cm³/mol. The van der Waals surface area contributed by atoms with Gasteiger partial charge in [0.25, 0.3) is 10.0 Å². The normalized spacial score (nSPS) is 12.9. The molecule has 9 heteroatoms. The summed E-state index contributed by atoms with van der Waals surface area (Å²) >= 11 is 6.01. The Kier molecular flexibility index (Phi) is 10.4. The molecule has 0 aliphatic carbocycles. The minimum absolute atomic E-state index is 0.00979. The van der Waals surface area contributed by atoms with Crippen LogP contribution in [0.15, 0.2) is 71.6 Å². The molecule has 0 saturated heterocycles. The molecule has 1 N–H and O–H groups in total. The highest BCUT2D eigenvalue weighted by atomic mass is 35.5. The SMILES string of the molecule is CC[C@H](C)NC(=O)[C@H](C)N(Cc1ccc(C)cc1)C(=O)CN(c1ccc(C)c(C)c1)S(=O)(=O)c1ccc(Cl)cc1. The van der Waals surface area contributed by atoms with Gasteiger partial charge < -0.3 is 10.2 Å². The monoisotopic (exact) mass is 583 g/mol. The first kappa shape index (κ1) is 31.2. The van der Waals surface area contributed by atoms with E-state index in [-0.39, 0.29) is 23.4 Å². The largest absolute Gasteiger partial charge is 0.352 e. The summed E-state index contributed by atoms with van der Waals surface area (Å²) in [5.74, 6) is -0.795. The van der Waals surface area contributed by atoms with E-state index in [0.29, 0.717) is 10.7 Å². The Morgan fingerprint density at radius 1 is 0.900 bits per heavy atom. The van der Waals surface area contributed by atoms with Crippen molar-refractivity contribution in [3.63, 3.8) is 0 Å². The molecule has 0 aromatic heterocycles. The highest BCUT2D eigenvalue weighted by Gasteiger charge is 2.33. The van der Waals surface area contributed by atoms with Crippen LogP contribution in [0.5, 0.6) is 0 Å². The van der Waals surface area contributed by atoms with Crippen molar-refractivity contribution >= 4 is 39.1 Å². The molecule has 7 nitrogen and oxygen atoms in total.